The van der Waals surface area contributed by atoms with E-state index in [1.165, 1.54) is 0 Å². The molecular formula is C7H16BrNO. The Balaban J connectivity index is 0.000000180. The molecule has 0 aliphatic carbocycles. The Bertz CT molecular complexity index is 50.4. The predicted octanol–water partition coefficient (Wildman–Crippen LogP) is 1.40. The molecule has 1 rings (SSSR count). The lowest BCUT2D eigenvalue weighted by Gasteiger charge is -2.10. The van der Waals surface area contributed by atoms with Crippen LogP contribution in [0, 0.1) is 0 Å². The number of hydrogen-bond donors (Lipinski definition) is 1. The van der Waals surface area contributed by atoms with Crippen molar-refractivity contribution >= 4 is 15.9 Å². The first-order chi connectivity index (χ1) is 4.73. The van der Waals surface area contributed by atoms with Crippen molar-refractivity contribution in [2.45, 2.75) is 18.7 Å². The molecule has 1 saturated heterocycles. The first kappa shape index (κ1) is 10.4. The average molecular weight is 210 g/mol. The van der Waals surface area contributed by atoms with Crippen molar-refractivity contribution in [1.82, 2.24) is 5.32 Å². The highest BCUT2D eigenvalue weighted by atomic mass is 79.9. The molecule has 0 aromatic rings. The van der Waals surface area contributed by atoms with Gasteiger partial charge in [0, 0.05) is 17.9 Å². The van der Waals surface area contributed by atoms with Crippen LogP contribution in [-0.4, -0.2) is 31.1 Å². The fourth-order valence-electron chi connectivity index (χ4n) is 0.516. The fourth-order valence-corrected chi connectivity index (χ4v) is 0.516. The second-order valence-electron chi connectivity index (χ2n) is 2.38. The molecule has 1 heterocycles. The summed E-state index contributed by atoms with van der Waals surface area (Å²) in [6.45, 7) is 8.00. The molecule has 1 aliphatic heterocycles. The fraction of sp³-hybridized carbons (Fsp3) is 1.00. The van der Waals surface area contributed by atoms with Crippen molar-refractivity contribution in [2.75, 3.05) is 26.3 Å². The zero-order valence-electron chi connectivity index (χ0n) is 6.69. The molecule has 10 heavy (non-hydrogen) atoms. The van der Waals surface area contributed by atoms with Gasteiger partial charge >= 0.3 is 0 Å². The van der Waals surface area contributed by atoms with Crippen LogP contribution < -0.4 is 5.32 Å². The molecule has 0 bridgehead atoms. The summed E-state index contributed by atoms with van der Waals surface area (Å²) in [6.07, 6.45) is 0. The van der Waals surface area contributed by atoms with Gasteiger partial charge < -0.3 is 10.1 Å². The van der Waals surface area contributed by atoms with Gasteiger partial charge in [0.2, 0.25) is 0 Å². The minimum absolute atomic E-state index is 0.646. The lowest BCUT2D eigenvalue weighted by Crippen LogP contribution is -2.30. The Morgan fingerprint density at radius 2 is 1.70 bits per heavy atom. The van der Waals surface area contributed by atoms with E-state index in [0.717, 1.165) is 26.3 Å². The molecule has 0 radical (unpaired) electrons. The maximum Gasteiger partial charge on any atom is 0.0591 e. The van der Waals surface area contributed by atoms with E-state index < -0.39 is 0 Å². The van der Waals surface area contributed by atoms with Crippen LogP contribution in [0.4, 0.5) is 0 Å². The van der Waals surface area contributed by atoms with Gasteiger partial charge in [-0.05, 0) is 0 Å². The maximum absolute atomic E-state index is 5.01. The Labute approximate surface area is 71.5 Å². The van der Waals surface area contributed by atoms with Crippen molar-refractivity contribution in [3.05, 3.63) is 0 Å². The minimum Gasteiger partial charge on any atom is -0.379 e. The predicted molar refractivity (Wildman–Crippen MR) is 47.8 cm³/mol. The molecular weight excluding hydrogens is 194 g/mol. The molecule has 1 aliphatic rings. The molecule has 0 unspecified atom stereocenters. The van der Waals surface area contributed by atoms with E-state index in [-0.39, 0.29) is 0 Å². The number of hydrogen-bond acceptors (Lipinski definition) is 2. The summed E-state index contributed by atoms with van der Waals surface area (Å²) in [7, 11) is 0. The van der Waals surface area contributed by atoms with Crippen LogP contribution >= 0.6 is 15.9 Å². The number of alkyl halides is 1. The lowest BCUT2D eigenvalue weighted by molar-refractivity contribution is 0.109. The van der Waals surface area contributed by atoms with E-state index in [2.05, 4.69) is 35.1 Å². The second kappa shape index (κ2) is 7.51. The van der Waals surface area contributed by atoms with Gasteiger partial charge in [-0.15, -0.1) is 0 Å². The van der Waals surface area contributed by atoms with Crippen LogP contribution in [0.15, 0.2) is 0 Å². The van der Waals surface area contributed by atoms with Gasteiger partial charge in [-0.25, -0.2) is 0 Å². The zero-order chi connectivity index (χ0) is 7.82. The van der Waals surface area contributed by atoms with Crippen LogP contribution in [0.1, 0.15) is 13.8 Å². The van der Waals surface area contributed by atoms with Gasteiger partial charge in [-0.2, -0.15) is 0 Å². The number of morpholine rings is 1. The number of nitrogens with one attached hydrogen (secondary N) is 1. The van der Waals surface area contributed by atoms with Crippen molar-refractivity contribution < 1.29 is 4.74 Å². The molecule has 62 valence electrons. The molecule has 1 fully saturated rings. The van der Waals surface area contributed by atoms with Crippen molar-refractivity contribution in [1.29, 1.82) is 0 Å². The molecule has 2 nitrogen and oxygen atoms in total. The average Bonchev–Trinajstić information content (AvgIpc) is 1.90. The van der Waals surface area contributed by atoms with Crippen molar-refractivity contribution in [3.8, 4) is 0 Å². The summed E-state index contributed by atoms with van der Waals surface area (Å²) in [4.78, 5) is 0.646. The molecule has 0 saturated carbocycles. The molecule has 1 N–H and O–H groups in total. The largest absolute Gasteiger partial charge is 0.379 e. The zero-order valence-corrected chi connectivity index (χ0v) is 8.28. The quantitative estimate of drug-likeness (QED) is 0.610. The third-order valence-electron chi connectivity index (χ3n) is 0.846. The molecule has 0 aromatic heterocycles. The number of rotatable bonds is 0. The molecule has 3 heteroatoms. The highest BCUT2D eigenvalue weighted by Crippen LogP contribution is 1.89. The van der Waals surface area contributed by atoms with Crippen LogP contribution in [0.3, 0.4) is 0 Å². The summed E-state index contributed by atoms with van der Waals surface area (Å²) >= 11 is 3.27. The van der Waals surface area contributed by atoms with Crippen LogP contribution in [0.25, 0.3) is 0 Å². The monoisotopic (exact) mass is 209 g/mol. The SMILES string of the molecule is C1COCCN1.CC(C)Br. The Hall–Kier alpha value is 0.400. The summed E-state index contributed by atoms with van der Waals surface area (Å²) in [5.41, 5.74) is 0. The Kier molecular flexibility index (Phi) is 7.81. The van der Waals surface area contributed by atoms with Gasteiger partial charge in [0.1, 0.15) is 0 Å². The van der Waals surface area contributed by atoms with Gasteiger partial charge in [0.05, 0.1) is 13.2 Å². The summed E-state index contributed by atoms with van der Waals surface area (Å²) in [5.74, 6) is 0. The van der Waals surface area contributed by atoms with E-state index in [0.29, 0.717) is 4.83 Å². The topological polar surface area (TPSA) is 21.3 Å². The highest BCUT2D eigenvalue weighted by Gasteiger charge is 1.92. The first-order valence-corrected chi connectivity index (χ1v) is 4.57. The minimum atomic E-state index is 0.646. The third-order valence-corrected chi connectivity index (χ3v) is 0.846. The van der Waals surface area contributed by atoms with Crippen molar-refractivity contribution in [2.24, 2.45) is 0 Å². The summed E-state index contributed by atoms with van der Waals surface area (Å²) < 4.78 is 5.01. The van der Waals surface area contributed by atoms with E-state index in [1.807, 2.05) is 0 Å². The smallest absolute Gasteiger partial charge is 0.0591 e. The van der Waals surface area contributed by atoms with Crippen LogP contribution in [0.5, 0.6) is 0 Å². The van der Waals surface area contributed by atoms with Gasteiger partial charge in [-0.3, -0.25) is 0 Å². The van der Waals surface area contributed by atoms with Gasteiger partial charge in [0.15, 0.2) is 0 Å². The molecule has 0 aromatic carbocycles. The standard InChI is InChI=1S/C4H9NO.C3H7Br/c1-3-6-4-2-5-1;1-3(2)4/h5H,1-4H2;3H,1-2H3. The normalized spacial score (nSPS) is 18.0. The molecule has 0 atom stereocenters. The van der Waals surface area contributed by atoms with E-state index in [1.54, 1.807) is 0 Å². The number of ether oxygens (including phenoxy) is 1. The Morgan fingerprint density at radius 3 is 1.80 bits per heavy atom. The summed E-state index contributed by atoms with van der Waals surface area (Å²) in [6, 6.07) is 0. The van der Waals surface area contributed by atoms with Crippen molar-refractivity contribution in [3.63, 3.8) is 0 Å². The van der Waals surface area contributed by atoms with Gasteiger partial charge in [0.25, 0.3) is 0 Å². The third kappa shape index (κ3) is 11.2. The van der Waals surface area contributed by atoms with E-state index in [4.69, 9.17) is 4.74 Å². The van der Waals surface area contributed by atoms with Gasteiger partial charge in [-0.1, -0.05) is 29.8 Å². The molecule has 0 amide bonds. The van der Waals surface area contributed by atoms with Crippen LogP contribution in [0.2, 0.25) is 0 Å². The van der Waals surface area contributed by atoms with E-state index in [9.17, 15) is 0 Å². The lowest BCUT2D eigenvalue weighted by atomic mass is 10.5. The van der Waals surface area contributed by atoms with Crippen LogP contribution in [-0.2, 0) is 4.74 Å². The maximum atomic E-state index is 5.01. The highest BCUT2D eigenvalue weighted by molar-refractivity contribution is 9.09. The first-order valence-electron chi connectivity index (χ1n) is 3.66. The second-order valence-corrected chi connectivity index (χ2v) is 4.21. The molecule has 0 spiro atoms. The summed E-state index contributed by atoms with van der Waals surface area (Å²) in [5, 5.41) is 3.16. The number of halogens is 1. The van der Waals surface area contributed by atoms with E-state index >= 15 is 0 Å². The Morgan fingerprint density at radius 1 is 1.30 bits per heavy atom.